The Balaban J connectivity index is 1.90. The highest BCUT2D eigenvalue weighted by Crippen LogP contribution is 2.30. The summed E-state index contributed by atoms with van der Waals surface area (Å²) in [6, 6.07) is 12.0. The summed E-state index contributed by atoms with van der Waals surface area (Å²) in [6.07, 6.45) is 1.05. The van der Waals surface area contributed by atoms with Crippen LogP contribution in [0.1, 0.15) is 42.6 Å². The van der Waals surface area contributed by atoms with Crippen molar-refractivity contribution < 1.29 is 27.5 Å². The van der Waals surface area contributed by atoms with Crippen LogP contribution in [0.4, 0.5) is 0 Å². The number of hydrogen-bond acceptors (Lipinski definition) is 6. The van der Waals surface area contributed by atoms with Crippen LogP contribution in [-0.4, -0.2) is 61.6 Å². The monoisotopic (exact) mass is 487 g/mol. The van der Waals surface area contributed by atoms with Crippen molar-refractivity contribution in [2.45, 2.75) is 44.2 Å². The largest absolute Gasteiger partial charge is 0.497 e. The van der Waals surface area contributed by atoms with Gasteiger partial charge in [0, 0.05) is 13.1 Å². The maximum absolute atomic E-state index is 13.5. The van der Waals surface area contributed by atoms with Gasteiger partial charge in [0.05, 0.1) is 12.7 Å². The van der Waals surface area contributed by atoms with Gasteiger partial charge in [0.1, 0.15) is 23.2 Å². The molecule has 0 aromatic heterocycles. The number of amides is 3. The number of nitrogens with zero attached hydrogens (tertiary/aromatic N) is 2. The predicted molar refractivity (Wildman–Crippen MR) is 126 cm³/mol. The van der Waals surface area contributed by atoms with Gasteiger partial charge in [-0.1, -0.05) is 38.1 Å². The van der Waals surface area contributed by atoms with Crippen molar-refractivity contribution in [3.63, 3.8) is 0 Å². The molecule has 0 bridgehead atoms. The number of carbonyl (C=O) groups is 3. The quantitative estimate of drug-likeness (QED) is 0.550. The SMILES string of the molecule is CCCNC(=O)[C@@H](CC)N(Cc1ccc(OC)cc1)C(=O)CN1C(=O)c2ccccc2S1(=O)=O. The Labute approximate surface area is 199 Å². The van der Waals surface area contributed by atoms with Crippen molar-refractivity contribution in [3.8, 4) is 5.75 Å². The number of ether oxygens (including phenoxy) is 1. The first-order valence-electron chi connectivity index (χ1n) is 11.1. The number of hydrogen-bond donors (Lipinski definition) is 1. The Bertz CT molecular complexity index is 1160. The van der Waals surface area contributed by atoms with Gasteiger partial charge in [0.15, 0.2) is 0 Å². The van der Waals surface area contributed by atoms with E-state index in [-0.39, 0.29) is 22.9 Å². The molecule has 1 N–H and O–H groups in total. The molecule has 10 heteroatoms. The third kappa shape index (κ3) is 5.06. The maximum atomic E-state index is 13.5. The van der Waals surface area contributed by atoms with E-state index in [0.717, 1.165) is 12.0 Å². The van der Waals surface area contributed by atoms with E-state index in [1.165, 1.54) is 23.1 Å². The first kappa shape index (κ1) is 25.2. The molecule has 0 saturated carbocycles. The first-order valence-corrected chi connectivity index (χ1v) is 12.5. The lowest BCUT2D eigenvalue weighted by Crippen LogP contribution is -2.52. The minimum atomic E-state index is -4.15. The highest BCUT2D eigenvalue weighted by Gasteiger charge is 2.43. The Kier molecular flexibility index (Phi) is 7.93. The van der Waals surface area contributed by atoms with Crippen molar-refractivity contribution in [2.24, 2.45) is 0 Å². The molecule has 182 valence electrons. The molecular weight excluding hydrogens is 458 g/mol. The van der Waals surface area contributed by atoms with Gasteiger partial charge in [-0.3, -0.25) is 14.4 Å². The van der Waals surface area contributed by atoms with Crippen LogP contribution in [0.5, 0.6) is 5.75 Å². The van der Waals surface area contributed by atoms with Crippen LogP contribution in [-0.2, 0) is 26.2 Å². The summed E-state index contributed by atoms with van der Waals surface area (Å²) in [6.45, 7) is 3.52. The van der Waals surface area contributed by atoms with Gasteiger partial charge in [0.25, 0.3) is 15.9 Å². The van der Waals surface area contributed by atoms with Gasteiger partial charge in [-0.2, -0.15) is 0 Å². The zero-order chi connectivity index (χ0) is 24.9. The number of fused-ring (bicyclic) bond motifs is 1. The third-order valence-corrected chi connectivity index (χ3v) is 7.43. The van der Waals surface area contributed by atoms with Crippen molar-refractivity contribution >= 4 is 27.7 Å². The van der Waals surface area contributed by atoms with Crippen LogP contribution in [0.3, 0.4) is 0 Å². The molecule has 9 nitrogen and oxygen atoms in total. The lowest BCUT2D eigenvalue weighted by Gasteiger charge is -2.31. The fourth-order valence-corrected chi connectivity index (χ4v) is 5.33. The minimum absolute atomic E-state index is 0.0322. The van der Waals surface area contributed by atoms with Gasteiger partial charge in [-0.15, -0.1) is 0 Å². The second-order valence-electron chi connectivity index (χ2n) is 7.90. The van der Waals surface area contributed by atoms with Gasteiger partial charge in [-0.05, 0) is 42.7 Å². The molecule has 0 aliphatic carbocycles. The molecular formula is C24H29N3O6S. The van der Waals surface area contributed by atoms with E-state index < -0.39 is 34.4 Å². The van der Waals surface area contributed by atoms with Crippen LogP contribution in [0.2, 0.25) is 0 Å². The average molecular weight is 488 g/mol. The van der Waals surface area contributed by atoms with E-state index in [0.29, 0.717) is 23.0 Å². The fraction of sp³-hybridized carbons (Fsp3) is 0.375. The van der Waals surface area contributed by atoms with Crippen LogP contribution in [0.15, 0.2) is 53.4 Å². The molecule has 0 fully saturated rings. The molecule has 3 amide bonds. The van der Waals surface area contributed by atoms with E-state index in [9.17, 15) is 22.8 Å². The Morgan fingerprint density at radius 2 is 1.76 bits per heavy atom. The zero-order valence-corrected chi connectivity index (χ0v) is 20.3. The number of carbonyl (C=O) groups excluding carboxylic acids is 3. The highest BCUT2D eigenvalue weighted by atomic mass is 32.2. The standard InChI is InChI=1S/C24H29N3O6S/c1-4-14-25-23(29)20(5-2)26(15-17-10-12-18(33-3)13-11-17)22(28)16-27-24(30)19-8-6-7-9-21(19)34(27,31)32/h6-13,20H,4-5,14-16H2,1-3H3,(H,25,29)/t20-/m1/s1. The van der Waals surface area contributed by atoms with Crippen LogP contribution in [0, 0.1) is 0 Å². The highest BCUT2D eigenvalue weighted by molar-refractivity contribution is 7.90. The Morgan fingerprint density at radius 3 is 2.35 bits per heavy atom. The van der Waals surface area contributed by atoms with E-state index in [1.807, 2.05) is 6.92 Å². The predicted octanol–water partition coefficient (Wildman–Crippen LogP) is 2.17. The second-order valence-corrected chi connectivity index (χ2v) is 9.73. The second kappa shape index (κ2) is 10.7. The number of methoxy groups -OCH3 is 1. The average Bonchev–Trinajstić information content (AvgIpc) is 3.03. The van der Waals surface area contributed by atoms with Gasteiger partial charge in [-0.25, -0.2) is 12.7 Å². The lowest BCUT2D eigenvalue weighted by atomic mass is 10.1. The van der Waals surface area contributed by atoms with Gasteiger partial charge >= 0.3 is 0 Å². The summed E-state index contributed by atoms with van der Waals surface area (Å²) in [5.41, 5.74) is 0.763. The molecule has 1 heterocycles. The number of rotatable bonds is 10. The maximum Gasteiger partial charge on any atom is 0.269 e. The first-order chi connectivity index (χ1) is 16.2. The zero-order valence-electron chi connectivity index (χ0n) is 19.5. The van der Waals surface area contributed by atoms with Gasteiger partial charge in [0.2, 0.25) is 11.8 Å². The Morgan fingerprint density at radius 1 is 1.09 bits per heavy atom. The smallest absolute Gasteiger partial charge is 0.269 e. The topological polar surface area (TPSA) is 113 Å². The number of nitrogens with one attached hydrogen (secondary N) is 1. The summed E-state index contributed by atoms with van der Waals surface area (Å²) in [4.78, 5) is 40.3. The fourth-order valence-electron chi connectivity index (χ4n) is 3.81. The molecule has 0 unspecified atom stereocenters. The number of benzene rings is 2. The van der Waals surface area contributed by atoms with E-state index in [1.54, 1.807) is 44.4 Å². The minimum Gasteiger partial charge on any atom is -0.497 e. The summed E-state index contributed by atoms with van der Waals surface area (Å²) in [5.74, 6) is -1.08. The lowest BCUT2D eigenvalue weighted by molar-refractivity contribution is -0.141. The van der Waals surface area contributed by atoms with E-state index in [2.05, 4.69) is 5.32 Å². The normalized spacial score (nSPS) is 14.9. The molecule has 0 saturated heterocycles. The summed E-state index contributed by atoms with van der Waals surface area (Å²) in [7, 11) is -2.61. The summed E-state index contributed by atoms with van der Waals surface area (Å²) >= 11 is 0. The third-order valence-electron chi connectivity index (χ3n) is 5.64. The van der Waals surface area contributed by atoms with Crippen molar-refractivity contribution in [3.05, 3.63) is 59.7 Å². The van der Waals surface area contributed by atoms with E-state index in [4.69, 9.17) is 4.74 Å². The van der Waals surface area contributed by atoms with Crippen LogP contribution >= 0.6 is 0 Å². The summed E-state index contributed by atoms with van der Waals surface area (Å²) < 4.78 is 31.6. The summed E-state index contributed by atoms with van der Waals surface area (Å²) in [5, 5.41) is 2.80. The number of sulfonamides is 1. The van der Waals surface area contributed by atoms with Gasteiger partial charge < -0.3 is 15.0 Å². The molecule has 1 aliphatic rings. The van der Waals surface area contributed by atoms with Crippen molar-refractivity contribution in [2.75, 3.05) is 20.2 Å². The molecule has 3 rings (SSSR count). The van der Waals surface area contributed by atoms with Crippen LogP contribution < -0.4 is 10.1 Å². The van der Waals surface area contributed by atoms with Crippen molar-refractivity contribution in [1.82, 2.24) is 14.5 Å². The molecule has 2 aromatic carbocycles. The molecule has 34 heavy (non-hydrogen) atoms. The molecule has 1 aliphatic heterocycles. The molecule has 0 radical (unpaired) electrons. The Hall–Kier alpha value is -3.40. The molecule has 0 spiro atoms. The van der Waals surface area contributed by atoms with Crippen LogP contribution in [0.25, 0.3) is 0 Å². The van der Waals surface area contributed by atoms with Crippen molar-refractivity contribution in [1.29, 1.82) is 0 Å². The molecule has 1 atom stereocenters. The van der Waals surface area contributed by atoms with E-state index >= 15 is 0 Å². The molecule has 2 aromatic rings.